The van der Waals surface area contributed by atoms with Gasteiger partial charge in [0.15, 0.2) is 10.5 Å². The van der Waals surface area contributed by atoms with Gasteiger partial charge in [-0.05, 0) is 6.07 Å². The summed E-state index contributed by atoms with van der Waals surface area (Å²) < 4.78 is 0. The molecule has 0 aliphatic carbocycles. The first-order chi connectivity index (χ1) is 6.57. The normalized spacial score (nSPS) is 9.07. The lowest BCUT2D eigenvalue weighted by atomic mass is 10.1. The van der Waals surface area contributed by atoms with Gasteiger partial charge in [0.25, 0.3) is 0 Å². The van der Waals surface area contributed by atoms with Gasteiger partial charge in [0, 0.05) is 6.07 Å². The minimum atomic E-state index is -1.39. The van der Waals surface area contributed by atoms with Crippen LogP contribution in [0, 0.1) is 15.5 Å². The van der Waals surface area contributed by atoms with Gasteiger partial charge in [-0.15, -0.1) is 0 Å². The average molecular weight is 194 g/mol. The first kappa shape index (κ1) is 9.60. The van der Waals surface area contributed by atoms with Crippen LogP contribution in [0.4, 0.5) is 11.4 Å². The van der Waals surface area contributed by atoms with Crippen LogP contribution in [0.25, 0.3) is 4.98 Å². The fourth-order valence-electron chi connectivity index (χ4n) is 0.956. The van der Waals surface area contributed by atoms with Gasteiger partial charge in [-0.1, -0.05) is 6.07 Å². The Morgan fingerprint density at radius 1 is 1.57 bits per heavy atom. The van der Waals surface area contributed by atoms with Crippen LogP contribution in [0.3, 0.4) is 0 Å². The molecule has 0 atom stereocenters. The lowest BCUT2D eigenvalue weighted by Gasteiger charge is -1.90. The van der Waals surface area contributed by atoms with Crippen LogP contribution in [0.2, 0.25) is 0 Å². The average Bonchev–Trinajstić information content (AvgIpc) is 2.16. The number of nitro benzene ring substituents is 1. The van der Waals surface area contributed by atoms with Gasteiger partial charge in [-0.2, -0.15) is 0 Å². The zero-order valence-electron chi connectivity index (χ0n) is 6.75. The minimum Gasteiger partial charge on any atom is -0.477 e. The Hall–Kier alpha value is -2.49. The van der Waals surface area contributed by atoms with Crippen LogP contribution in [0.5, 0.6) is 0 Å². The van der Waals surface area contributed by atoms with E-state index in [4.69, 9.17) is 10.5 Å². The van der Waals surface area contributed by atoms with Gasteiger partial charge >= 0.3 is 17.3 Å². The number of hydrogen-bond acceptors (Lipinski definition) is 4. The van der Waals surface area contributed by atoms with Crippen LogP contribution in [0.1, 0.15) is 10.4 Å². The molecule has 0 saturated carbocycles. The van der Waals surface area contributed by atoms with Crippen LogP contribution in [-0.4, -0.2) is 16.0 Å². The van der Waals surface area contributed by atoms with E-state index in [1.165, 1.54) is 6.07 Å². The second-order valence-corrected chi connectivity index (χ2v) is 2.34. The molecule has 7 heteroatoms. The maximum absolute atomic E-state index is 10.6. The Morgan fingerprint density at radius 3 is 2.64 bits per heavy atom. The highest BCUT2D eigenvalue weighted by Crippen LogP contribution is 2.30. The summed E-state index contributed by atoms with van der Waals surface area (Å²) in [4.78, 5) is 22.7. The van der Waals surface area contributed by atoms with Crippen molar-refractivity contribution >= 4 is 17.3 Å². The number of diazo groups is 1. The molecule has 0 saturated heterocycles. The predicted molar refractivity (Wildman–Crippen MR) is 44.8 cm³/mol. The number of benzene rings is 1. The molecule has 0 aliphatic heterocycles. The Balaban J connectivity index is 3.50. The van der Waals surface area contributed by atoms with Crippen molar-refractivity contribution in [1.82, 2.24) is 0 Å². The number of hydrogen-bond donors (Lipinski definition) is 1. The third-order valence-corrected chi connectivity index (χ3v) is 1.54. The largest absolute Gasteiger partial charge is 0.477 e. The van der Waals surface area contributed by atoms with E-state index in [2.05, 4.69) is 4.98 Å². The zero-order valence-corrected chi connectivity index (χ0v) is 6.75. The van der Waals surface area contributed by atoms with Gasteiger partial charge in [-0.3, -0.25) is 10.1 Å². The molecule has 0 radical (unpaired) electrons. The molecule has 0 heterocycles. The lowest BCUT2D eigenvalue weighted by molar-refractivity contribution is -0.383. The van der Waals surface area contributed by atoms with Crippen molar-refractivity contribution in [3.05, 3.63) is 38.9 Å². The Labute approximate surface area is 77.4 Å². The molecule has 14 heavy (non-hydrogen) atoms. The molecule has 0 aromatic heterocycles. The zero-order chi connectivity index (χ0) is 10.7. The van der Waals surface area contributed by atoms with E-state index < -0.39 is 27.8 Å². The maximum atomic E-state index is 10.6. The number of carbonyl (C=O) groups is 1. The Bertz CT molecular complexity index is 416. The SMILES string of the molecule is N#[N+]c1c(C(=O)O)cccc1[N+](=O)[O-]. The van der Waals surface area contributed by atoms with Gasteiger partial charge < -0.3 is 5.11 Å². The third kappa shape index (κ3) is 1.49. The van der Waals surface area contributed by atoms with Crippen molar-refractivity contribution in [3.63, 3.8) is 0 Å². The van der Waals surface area contributed by atoms with Crippen LogP contribution in [-0.2, 0) is 0 Å². The summed E-state index contributed by atoms with van der Waals surface area (Å²) in [6, 6.07) is 3.38. The molecule has 7 nitrogen and oxygen atoms in total. The molecule has 1 aromatic rings. The molecule has 70 valence electrons. The van der Waals surface area contributed by atoms with Crippen LogP contribution < -0.4 is 0 Å². The molecule has 1 N–H and O–H groups in total. The topological polar surface area (TPSA) is 109 Å². The third-order valence-electron chi connectivity index (χ3n) is 1.54. The number of aromatic carboxylic acids is 1. The van der Waals surface area contributed by atoms with E-state index in [0.29, 0.717) is 0 Å². The van der Waals surface area contributed by atoms with E-state index in [9.17, 15) is 14.9 Å². The molecular formula is C7H4N3O4+. The molecule has 0 bridgehead atoms. The summed E-state index contributed by atoms with van der Waals surface area (Å²) in [6.07, 6.45) is 0. The van der Waals surface area contributed by atoms with E-state index in [-0.39, 0.29) is 0 Å². The summed E-state index contributed by atoms with van der Waals surface area (Å²) in [5, 5.41) is 27.5. The van der Waals surface area contributed by atoms with Crippen molar-refractivity contribution in [1.29, 1.82) is 5.39 Å². The van der Waals surface area contributed by atoms with Crippen molar-refractivity contribution in [2.24, 2.45) is 0 Å². The van der Waals surface area contributed by atoms with E-state index in [1.807, 2.05) is 0 Å². The van der Waals surface area contributed by atoms with Gasteiger partial charge in [0.2, 0.25) is 5.39 Å². The van der Waals surface area contributed by atoms with Crippen molar-refractivity contribution in [2.45, 2.75) is 0 Å². The predicted octanol–water partition coefficient (Wildman–Crippen LogP) is 1.78. The lowest BCUT2D eigenvalue weighted by Crippen LogP contribution is -1.98. The highest BCUT2D eigenvalue weighted by molar-refractivity contribution is 5.97. The first-order valence-corrected chi connectivity index (χ1v) is 3.43. The molecule has 0 fully saturated rings. The monoisotopic (exact) mass is 194 g/mol. The molecule has 0 unspecified atom stereocenters. The molecule has 0 aliphatic rings. The number of carboxylic acid groups (broad SMARTS) is 1. The smallest absolute Gasteiger partial charge is 0.475 e. The number of nitro groups is 1. The minimum absolute atomic E-state index is 0.415. The highest BCUT2D eigenvalue weighted by Gasteiger charge is 2.32. The van der Waals surface area contributed by atoms with Crippen molar-refractivity contribution in [2.75, 3.05) is 0 Å². The number of nitrogens with zero attached hydrogens (tertiary/aromatic N) is 3. The molecule has 0 spiro atoms. The second-order valence-electron chi connectivity index (χ2n) is 2.34. The van der Waals surface area contributed by atoms with Gasteiger partial charge in [0.1, 0.15) is 0 Å². The first-order valence-electron chi connectivity index (χ1n) is 3.43. The standard InChI is InChI=1S/C7H3N3O4/c8-9-6-4(7(11)12)2-1-3-5(6)10(13)14/h1-3H/p+1. The number of carboxylic acids is 1. The molecule has 1 rings (SSSR count). The van der Waals surface area contributed by atoms with E-state index >= 15 is 0 Å². The Morgan fingerprint density at radius 2 is 2.21 bits per heavy atom. The van der Waals surface area contributed by atoms with Crippen molar-refractivity contribution in [3.8, 4) is 0 Å². The molecular weight excluding hydrogens is 190 g/mol. The Kier molecular flexibility index (Phi) is 2.39. The summed E-state index contributed by atoms with van der Waals surface area (Å²) >= 11 is 0. The van der Waals surface area contributed by atoms with Gasteiger partial charge in [0.05, 0.1) is 4.92 Å². The molecule has 0 amide bonds. The number of rotatable bonds is 2. The quantitative estimate of drug-likeness (QED) is 0.438. The van der Waals surface area contributed by atoms with Crippen LogP contribution >= 0.6 is 0 Å². The maximum Gasteiger partial charge on any atom is 0.475 e. The summed E-state index contributed by atoms with van der Waals surface area (Å²) in [5.74, 6) is -1.39. The van der Waals surface area contributed by atoms with Crippen LogP contribution in [0.15, 0.2) is 18.2 Å². The highest BCUT2D eigenvalue weighted by atomic mass is 16.6. The summed E-state index contributed by atoms with van der Waals surface area (Å²) in [5.41, 5.74) is -1.51. The summed E-state index contributed by atoms with van der Waals surface area (Å²) in [6.45, 7) is 0. The van der Waals surface area contributed by atoms with Gasteiger partial charge in [-0.25, -0.2) is 4.79 Å². The van der Waals surface area contributed by atoms with E-state index in [1.54, 1.807) is 0 Å². The fraction of sp³-hybridized carbons (Fsp3) is 0. The fourth-order valence-corrected chi connectivity index (χ4v) is 0.956. The molecule has 1 aromatic carbocycles. The second kappa shape index (κ2) is 3.49. The summed E-state index contributed by atoms with van der Waals surface area (Å²) in [7, 11) is 0. The van der Waals surface area contributed by atoms with E-state index in [0.717, 1.165) is 12.1 Å². The van der Waals surface area contributed by atoms with Crippen molar-refractivity contribution < 1.29 is 14.8 Å².